The van der Waals surface area contributed by atoms with E-state index in [2.05, 4.69) is 10.3 Å². The first kappa shape index (κ1) is 16.8. The Labute approximate surface area is 136 Å². The molecule has 23 heavy (non-hydrogen) atoms. The summed E-state index contributed by atoms with van der Waals surface area (Å²) in [5, 5.41) is 3.05. The number of pyridine rings is 1. The van der Waals surface area contributed by atoms with Gasteiger partial charge in [-0.15, -0.1) is 0 Å². The van der Waals surface area contributed by atoms with Crippen LogP contribution in [0, 0.1) is 0 Å². The average molecular weight is 314 g/mol. The molecular formula is C18H22N2O3. The fourth-order valence-electron chi connectivity index (χ4n) is 2.41. The van der Waals surface area contributed by atoms with Crippen LogP contribution in [-0.4, -0.2) is 25.1 Å². The Morgan fingerprint density at radius 3 is 2.35 bits per heavy atom. The minimum Gasteiger partial charge on any atom is -0.493 e. The molecule has 0 unspecified atom stereocenters. The van der Waals surface area contributed by atoms with Crippen molar-refractivity contribution in [2.24, 2.45) is 0 Å². The van der Waals surface area contributed by atoms with Crippen molar-refractivity contribution in [1.82, 2.24) is 10.3 Å². The van der Waals surface area contributed by atoms with Crippen LogP contribution in [0.25, 0.3) is 0 Å². The molecule has 122 valence electrons. The molecule has 0 aliphatic heterocycles. The van der Waals surface area contributed by atoms with Crippen molar-refractivity contribution in [1.29, 1.82) is 0 Å². The molecule has 1 aromatic carbocycles. The number of benzene rings is 1. The first-order valence-electron chi connectivity index (χ1n) is 7.38. The van der Waals surface area contributed by atoms with Crippen LogP contribution in [0.4, 0.5) is 0 Å². The Hall–Kier alpha value is -2.56. The standard InChI is InChI=1S/C18H22N2O3/c1-18(2,14-7-9-19-10-8-14)20-17(21)12-13-5-6-15(22-3)16(11-13)23-4/h5-11H,12H2,1-4H3,(H,20,21). The Kier molecular flexibility index (Phi) is 5.21. The van der Waals surface area contributed by atoms with Gasteiger partial charge in [0.15, 0.2) is 11.5 Å². The van der Waals surface area contributed by atoms with Crippen LogP contribution in [0.3, 0.4) is 0 Å². The maximum atomic E-state index is 12.4. The van der Waals surface area contributed by atoms with E-state index in [0.717, 1.165) is 11.1 Å². The second-order valence-electron chi connectivity index (χ2n) is 5.78. The monoisotopic (exact) mass is 314 g/mol. The molecule has 0 fully saturated rings. The van der Waals surface area contributed by atoms with E-state index in [1.165, 1.54) is 0 Å². The largest absolute Gasteiger partial charge is 0.493 e. The first-order valence-corrected chi connectivity index (χ1v) is 7.38. The molecule has 1 N–H and O–H groups in total. The fraction of sp³-hybridized carbons (Fsp3) is 0.333. The molecule has 0 bridgehead atoms. The molecule has 5 nitrogen and oxygen atoms in total. The molecule has 1 aromatic heterocycles. The van der Waals surface area contributed by atoms with Crippen LogP contribution in [0.15, 0.2) is 42.7 Å². The van der Waals surface area contributed by atoms with Crippen LogP contribution >= 0.6 is 0 Å². The predicted molar refractivity (Wildman–Crippen MR) is 88.7 cm³/mol. The van der Waals surface area contributed by atoms with Gasteiger partial charge in [0.25, 0.3) is 0 Å². The molecule has 0 saturated carbocycles. The summed E-state index contributed by atoms with van der Waals surface area (Å²) in [6.45, 7) is 3.93. The molecule has 1 amide bonds. The normalized spacial score (nSPS) is 11.0. The second-order valence-corrected chi connectivity index (χ2v) is 5.78. The number of methoxy groups -OCH3 is 2. The van der Waals surface area contributed by atoms with E-state index in [0.29, 0.717) is 11.5 Å². The van der Waals surface area contributed by atoms with E-state index in [1.54, 1.807) is 32.7 Å². The Morgan fingerprint density at radius 2 is 1.74 bits per heavy atom. The number of carbonyl (C=O) groups is 1. The highest BCUT2D eigenvalue weighted by Crippen LogP contribution is 2.28. The lowest BCUT2D eigenvalue weighted by atomic mass is 9.95. The SMILES string of the molecule is COc1ccc(CC(=O)NC(C)(C)c2ccncc2)cc1OC. The number of hydrogen-bond acceptors (Lipinski definition) is 4. The lowest BCUT2D eigenvalue weighted by Crippen LogP contribution is -2.41. The third kappa shape index (κ3) is 4.22. The lowest BCUT2D eigenvalue weighted by molar-refractivity contribution is -0.122. The summed E-state index contributed by atoms with van der Waals surface area (Å²) in [7, 11) is 3.16. The van der Waals surface area contributed by atoms with Gasteiger partial charge in [-0.3, -0.25) is 9.78 Å². The number of rotatable bonds is 6. The second kappa shape index (κ2) is 7.13. The molecule has 0 spiro atoms. The van der Waals surface area contributed by atoms with Gasteiger partial charge in [-0.2, -0.15) is 0 Å². The van der Waals surface area contributed by atoms with E-state index in [4.69, 9.17) is 9.47 Å². The van der Waals surface area contributed by atoms with Gasteiger partial charge < -0.3 is 14.8 Å². The highest BCUT2D eigenvalue weighted by Gasteiger charge is 2.22. The van der Waals surface area contributed by atoms with E-state index in [9.17, 15) is 4.79 Å². The van der Waals surface area contributed by atoms with Crippen molar-refractivity contribution in [2.45, 2.75) is 25.8 Å². The first-order chi connectivity index (χ1) is 11.0. The zero-order valence-electron chi connectivity index (χ0n) is 13.9. The summed E-state index contributed by atoms with van der Waals surface area (Å²) in [4.78, 5) is 16.4. The minimum absolute atomic E-state index is 0.0565. The number of ether oxygens (including phenoxy) is 2. The van der Waals surface area contributed by atoms with Crippen molar-refractivity contribution in [3.8, 4) is 11.5 Å². The van der Waals surface area contributed by atoms with Gasteiger partial charge in [-0.1, -0.05) is 6.07 Å². The molecule has 0 saturated heterocycles. The molecular weight excluding hydrogens is 292 g/mol. The highest BCUT2D eigenvalue weighted by molar-refractivity contribution is 5.79. The molecule has 0 radical (unpaired) electrons. The van der Waals surface area contributed by atoms with Crippen LogP contribution in [0.5, 0.6) is 11.5 Å². The maximum absolute atomic E-state index is 12.4. The van der Waals surface area contributed by atoms with Crippen molar-refractivity contribution in [3.05, 3.63) is 53.9 Å². The van der Waals surface area contributed by atoms with Gasteiger partial charge in [-0.05, 0) is 49.2 Å². The van der Waals surface area contributed by atoms with Crippen LogP contribution in [0.2, 0.25) is 0 Å². The smallest absolute Gasteiger partial charge is 0.225 e. The number of hydrogen-bond donors (Lipinski definition) is 1. The quantitative estimate of drug-likeness (QED) is 0.890. The average Bonchev–Trinajstić information content (AvgIpc) is 2.55. The predicted octanol–water partition coefficient (Wildman–Crippen LogP) is 2.69. The number of nitrogens with one attached hydrogen (secondary N) is 1. The Balaban J connectivity index is 2.08. The molecule has 5 heteroatoms. The van der Waals surface area contributed by atoms with Crippen molar-refractivity contribution >= 4 is 5.91 Å². The Morgan fingerprint density at radius 1 is 1.09 bits per heavy atom. The van der Waals surface area contributed by atoms with Crippen LogP contribution in [-0.2, 0) is 16.8 Å². The van der Waals surface area contributed by atoms with E-state index < -0.39 is 5.54 Å². The maximum Gasteiger partial charge on any atom is 0.225 e. The lowest BCUT2D eigenvalue weighted by Gasteiger charge is -2.26. The third-order valence-corrected chi connectivity index (χ3v) is 3.67. The summed E-state index contributed by atoms with van der Waals surface area (Å²) in [6.07, 6.45) is 3.71. The molecule has 0 atom stereocenters. The van der Waals surface area contributed by atoms with Gasteiger partial charge in [0.1, 0.15) is 0 Å². The van der Waals surface area contributed by atoms with Crippen LogP contribution < -0.4 is 14.8 Å². The van der Waals surface area contributed by atoms with Gasteiger partial charge in [0, 0.05) is 12.4 Å². The van der Waals surface area contributed by atoms with Crippen molar-refractivity contribution in [3.63, 3.8) is 0 Å². The Bertz CT molecular complexity index is 669. The molecule has 2 rings (SSSR count). The molecule has 2 aromatic rings. The number of carbonyl (C=O) groups excluding carboxylic acids is 1. The van der Waals surface area contributed by atoms with Gasteiger partial charge in [0.05, 0.1) is 26.2 Å². The van der Waals surface area contributed by atoms with E-state index in [1.807, 2.05) is 38.1 Å². The summed E-state index contributed by atoms with van der Waals surface area (Å²) >= 11 is 0. The fourth-order valence-corrected chi connectivity index (χ4v) is 2.41. The molecule has 0 aliphatic rings. The number of nitrogens with zero attached hydrogens (tertiary/aromatic N) is 1. The number of amides is 1. The molecule has 1 heterocycles. The zero-order valence-corrected chi connectivity index (χ0v) is 13.9. The summed E-state index contributed by atoms with van der Waals surface area (Å²) in [5.74, 6) is 1.21. The zero-order chi connectivity index (χ0) is 16.9. The van der Waals surface area contributed by atoms with Crippen LogP contribution in [0.1, 0.15) is 25.0 Å². The summed E-state index contributed by atoms with van der Waals surface area (Å²) in [6, 6.07) is 9.28. The topological polar surface area (TPSA) is 60.5 Å². The van der Waals surface area contributed by atoms with Gasteiger partial charge in [0.2, 0.25) is 5.91 Å². The summed E-state index contributed by atoms with van der Waals surface area (Å²) < 4.78 is 10.5. The van der Waals surface area contributed by atoms with E-state index >= 15 is 0 Å². The van der Waals surface area contributed by atoms with Crippen molar-refractivity contribution < 1.29 is 14.3 Å². The van der Waals surface area contributed by atoms with Gasteiger partial charge >= 0.3 is 0 Å². The highest BCUT2D eigenvalue weighted by atomic mass is 16.5. The van der Waals surface area contributed by atoms with E-state index in [-0.39, 0.29) is 12.3 Å². The summed E-state index contributed by atoms with van der Waals surface area (Å²) in [5.41, 5.74) is 1.41. The van der Waals surface area contributed by atoms with Gasteiger partial charge in [-0.25, -0.2) is 0 Å². The number of aromatic nitrogens is 1. The molecule has 0 aliphatic carbocycles. The van der Waals surface area contributed by atoms with Crippen molar-refractivity contribution in [2.75, 3.05) is 14.2 Å². The third-order valence-electron chi connectivity index (χ3n) is 3.67. The minimum atomic E-state index is -0.462.